The number of piperidine rings is 1. The Morgan fingerprint density at radius 2 is 1.93 bits per heavy atom. The number of nitrogens with zero attached hydrogens (tertiary/aromatic N) is 2. The van der Waals surface area contributed by atoms with Crippen LogP contribution in [0.4, 0.5) is 4.39 Å². The number of fused-ring (bicyclic) bond motifs is 1. The Balaban J connectivity index is 1.36. The van der Waals surface area contributed by atoms with Crippen molar-refractivity contribution in [1.29, 1.82) is 0 Å². The van der Waals surface area contributed by atoms with E-state index in [1.807, 2.05) is 16.8 Å². The number of aromatic nitrogens is 1. The van der Waals surface area contributed by atoms with Gasteiger partial charge in [0.25, 0.3) is 0 Å². The van der Waals surface area contributed by atoms with Crippen LogP contribution in [0.2, 0.25) is 0 Å². The summed E-state index contributed by atoms with van der Waals surface area (Å²) in [5, 5.41) is 3.85. The molecule has 4 rings (SSSR count). The van der Waals surface area contributed by atoms with Gasteiger partial charge < -0.3 is 9.88 Å². The number of hydrogen-bond acceptors (Lipinski definition) is 3. The first kappa shape index (κ1) is 20.6. The quantitative estimate of drug-likeness (QED) is 0.655. The number of benzene rings is 2. The fraction of sp³-hybridized carbons (Fsp3) is 0.318. The van der Waals surface area contributed by atoms with Gasteiger partial charge in [-0.2, -0.15) is 4.31 Å². The highest BCUT2D eigenvalue weighted by atomic mass is 32.2. The van der Waals surface area contributed by atoms with E-state index < -0.39 is 10.0 Å². The summed E-state index contributed by atoms with van der Waals surface area (Å²) in [5.41, 5.74) is 0.780. The summed E-state index contributed by atoms with van der Waals surface area (Å²) in [5.74, 6) is -0.824. The highest BCUT2D eigenvalue weighted by molar-refractivity contribution is 7.89. The monoisotopic (exact) mass is 429 g/mol. The Hall–Kier alpha value is -2.71. The summed E-state index contributed by atoms with van der Waals surface area (Å²) < 4.78 is 42.5. The van der Waals surface area contributed by atoms with Crippen molar-refractivity contribution in [2.45, 2.75) is 24.3 Å². The van der Waals surface area contributed by atoms with E-state index in [0.717, 1.165) is 10.9 Å². The molecule has 2 heterocycles. The Morgan fingerprint density at radius 3 is 2.73 bits per heavy atom. The van der Waals surface area contributed by atoms with E-state index in [4.69, 9.17) is 0 Å². The molecule has 3 aromatic rings. The average molecular weight is 430 g/mol. The summed E-state index contributed by atoms with van der Waals surface area (Å²) in [6, 6.07) is 14.8. The van der Waals surface area contributed by atoms with E-state index in [0.29, 0.717) is 32.5 Å². The van der Waals surface area contributed by atoms with Crippen molar-refractivity contribution in [2.75, 3.05) is 19.6 Å². The first-order valence-corrected chi connectivity index (χ1v) is 11.5. The van der Waals surface area contributed by atoms with Crippen molar-refractivity contribution >= 4 is 26.8 Å². The Labute approximate surface area is 175 Å². The average Bonchev–Trinajstić information content (AvgIpc) is 3.16. The smallest absolute Gasteiger partial charge is 0.243 e. The number of carbonyl (C=O) groups is 1. The first-order chi connectivity index (χ1) is 14.4. The predicted molar refractivity (Wildman–Crippen MR) is 113 cm³/mol. The van der Waals surface area contributed by atoms with Gasteiger partial charge >= 0.3 is 0 Å². The van der Waals surface area contributed by atoms with Gasteiger partial charge in [0.2, 0.25) is 15.9 Å². The van der Waals surface area contributed by atoms with Crippen LogP contribution in [0, 0.1) is 11.7 Å². The molecule has 30 heavy (non-hydrogen) atoms. The maximum Gasteiger partial charge on any atom is 0.243 e. The lowest BCUT2D eigenvalue weighted by Crippen LogP contribution is -2.45. The molecule has 1 aliphatic heterocycles. The van der Waals surface area contributed by atoms with Crippen LogP contribution in [0.5, 0.6) is 0 Å². The predicted octanol–water partition coefficient (Wildman–Crippen LogP) is 3.00. The van der Waals surface area contributed by atoms with Crippen LogP contribution in [-0.4, -0.2) is 42.8 Å². The second-order valence-electron chi connectivity index (χ2n) is 7.52. The number of carbonyl (C=O) groups excluding carboxylic acids is 1. The van der Waals surface area contributed by atoms with Crippen molar-refractivity contribution in [3.05, 3.63) is 66.6 Å². The third kappa shape index (κ3) is 4.24. The molecule has 1 aromatic heterocycles. The van der Waals surface area contributed by atoms with Gasteiger partial charge in [-0.25, -0.2) is 12.8 Å². The van der Waals surface area contributed by atoms with Crippen LogP contribution >= 0.6 is 0 Å². The van der Waals surface area contributed by atoms with E-state index in [1.54, 1.807) is 36.4 Å². The third-order valence-electron chi connectivity index (χ3n) is 5.52. The summed E-state index contributed by atoms with van der Waals surface area (Å²) in [6.45, 7) is 1.50. The molecule has 0 unspecified atom stereocenters. The molecule has 0 saturated carbocycles. The van der Waals surface area contributed by atoms with Crippen molar-refractivity contribution < 1.29 is 17.6 Å². The number of halogens is 1. The van der Waals surface area contributed by atoms with Gasteiger partial charge in [0.05, 0.1) is 16.3 Å². The number of hydrogen-bond donors (Lipinski definition) is 1. The van der Waals surface area contributed by atoms with Crippen LogP contribution in [0.15, 0.2) is 65.7 Å². The molecule has 1 fully saturated rings. The van der Waals surface area contributed by atoms with Crippen molar-refractivity contribution in [2.24, 2.45) is 5.92 Å². The van der Waals surface area contributed by atoms with Crippen molar-refractivity contribution in [3.63, 3.8) is 0 Å². The molecule has 1 atom stereocenters. The highest BCUT2D eigenvalue weighted by Gasteiger charge is 2.33. The Bertz CT molecular complexity index is 1140. The zero-order valence-electron chi connectivity index (χ0n) is 16.5. The van der Waals surface area contributed by atoms with Gasteiger partial charge in [-0.3, -0.25) is 4.79 Å². The molecule has 6 nitrogen and oxygen atoms in total. The molecular formula is C22H24FN3O3S. The molecule has 0 spiro atoms. The summed E-state index contributed by atoms with van der Waals surface area (Å²) in [4.78, 5) is 12.9. The Kier molecular flexibility index (Phi) is 5.87. The van der Waals surface area contributed by atoms with Crippen molar-refractivity contribution in [3.8, 4) is 0 Å². The molecular weight excluding hydrogens is 405 g/mol. The van der Waals surface area contributed by atoms with E-state index in [-0.39, 0.29) is 29.1 Å². The molecule has 1 aliphatic rings. The van der Waals surface area contributed by atoms with Gasteiger partial charge in [-0.15, -0.1) is 0 Å². The standard InChI is InChI=1S/C22H24FN3O3S/c23-19-9-8-17-10-13-25(21(17)15-19)14-11-24-22(27)18-5-4-12-26(16-18)30(28,29)20-6-2-1-3-7-20/h1-3,6-10,13,15,18H,4-5,11-12,14,16H2,(H,24,27)/t18-/m0/s1. The normalized spacial score (nSPS) is 17.8. The van der Waals surface area contributed by atoms with Crippen molar-refractivity contribution in [1.82, 2.24) is 14.2 Å². The molecule has 1 N–H and O–H groups in total. The summed E-state index contributed by atoms with van der Waals surface area (Å²) in [6.07, 6.45) is 3.17. The molecule has 8 heteroatoms. The lowest BCUT2D eigenvalue weighted by atomic mass is 9.99. The van der Waals surface area contributed by atoms with E-state index >= 15 is 0 Å². The first-order valence-electron chi connectivity index (χ1n) is 10.0. The SMILES string of the molecule is O=C(NCCn1ccc2ccc(F)cc21)[C@H]1CCCN(S(=O)(=O)c2ccccc2)C1. The molecule has 0 bridgehead atoms. The summed E-state index contributed by atoms with van der Waals surface area (Å²) >= 11 is 0. The van der Waals surface area contributed by atoms with Gasteiger partial charge in [-0.05, 0) is 54.6 Å². The van der Waals surface area contributed by atoms with Crippen LogP contribution < -0.4 is 5.32 Å². The number of amides is 1. The van der Waals surface area contributed by atoms with E-state index in [1.165, 1.54) is 16.4 Å². The third-order valence-corrected chi connectivity index (χ3v) is 7.40. The maximum absolute atomic E-state index is 13.5. The van der Waals surface area contributed by atoms with E-state index in [9.17, 15) is 17.6 Å². The topological polar surface area (TPSA) is 71.4 Å². The second kappa shape index (κ2) is 8.57. The fourth-order valence-corrected chi connectivity index (χ4v) is 5.46. The Morgan fingerprint density at radius 1 is 1.13 bits per heavy atom. The molecule has 158 valence electrons. The summed E-state index contributed by atoms with van der Waals surface area (Å²) in [7, 11) is -3.60. The minimum Gasteiger partial charge on any atom is -0.354 e. The fourth-order valence-electron chi connectivity index (χ4n) is 3.91. The van der Waals surface area contributed by atoms with Gasteiger partial charge in [-0.1, -0.05) is 18.2 Å². The van der Waals surface area contributed by atoms with Crippen LogP contribution in [0.25, 0.3) is 10.9 Å². The number of sulfonamides is 1. The second-order valence-corrected chi connectivity index (χ2v) is 9.46. The lowest BCUT2D eigenvalue weighted by Gasteiger charge is -2.31. The molecule has 2 aromatic carbocycles. The number of nitrogens with one attached hydrogen (secondary N) is 1. The molecule has 0 aliphatic carbocycles. The zero-order valence-corrected chi connectivity index (χ0v) is 17.3. The van der Waals surface area contributed by atoms with Crippen LogP contribution in [0.3, 0.4) is 0 Å². The van der Waals surface area contributed by atoms with Crippen LogP contribution in [-0.2, 0) is 21.4 Å². The van der Waals surface area contributed by atoms with Gasteiger partial charge in [0.1, 0.15) is 5.82 Å². The van der Waals surface area contributed by atoms with Gasteiger partial charge in [0.15, 0.2) is 0 Å². The van der Waals surface area contributed by atoms with Crippen LogP contribution in [0.1, 0.15) is 12.8 Å². The van der Waals surface area contributed by atoms with E-state index in [2.05, 4.69) is 5.32 Å². The molecule has 0 radical (unpaired) electrons. The lowest BCUT2D eigenvalue weighted by molar-refractivity contribution is -0.126. The minimum absolute atomic E-state index is 0.148. The molecule has 1 amide bonds. The maximum atomic E-state index is 13.5. The zero-order chi connectivity index (χ0) is 21.1. The highest BCUT2D eigenvalue weighted by Crippen LogP contribution is 2.24. The number of rotatable bonds is 6. The minimum atomic E-state index is -3.60. The largest absolute Gasteiger partial charge is 0.354 e. The molecule has 1 saturated heterocycles. The van der Waals surface area contributed by atoms with Gasteiger partial charge in [0, 0.05) is 32.4 Å².